The molecule has 2 heteroatoms. The molecule has 2 nitrogen and oxygen atoms in total. The zero-order chi connectivity index (χ0) is 13.9. The molecule has 0 aromatic carbocycles. The van der Waals surface area contributed by atoms with Gasteiger partial charge < -0.3 is 5.32 Å². The van der Waals surface area contributed by atoms with Gasteiger partial charge >= 0.3 is 0 Å². The van der Waals surface area contributed by atoms with E-state index in [9.17, 15) is 0 Å². The summed E-state index contributed by atoms with van der Waals surface area (Å²) in [4.78, 5) is 2.85. The van der Waals surface area contributed by atoms with Crippen LogP contribution in [0.5, 0.6) is 0 Å². The van der Waals surface area contributed by atoms with Gasteiger partial charge in [-0.25, -0.2) is 0 Å². The molecule has 0 aromatic rings. The number of hydrogen-bond donors (Lipinski definition) is 1. The zero-order valence-corrected chi connectivity index (χ0v) is 13.5. The molecular weight excluding hydrogens is 232 g/mol. The summed E-state index contributed by atoms with van der Waals surface area (Å²) in [6.45, 7) is 11.9. The molecule has 2 atom stereocenters. The first-order valence-electron chi connectivity index (χ1n) is 8.59. The molecule has 2 rings (SSSR count). The van der Waals surface area contributed by atoms with Crippen molar-refractivity contribution in [3.63, 3.8) is 0 Å². The van der Waals surface area contributed by atoms with Gasteiger partial charge in [0.2, 0.25) is 0 Å². The molecule has 0 heterocycles. The molecule has 2 aliphatic rings. The van der Waals surface area contributed by atoms with Gasteiger partial charge in [0.15, 0.2) is 0 Å². The van der Waals surface area contributed by atoms with Gasteiger partial charge in [-0.2, -0.15) is 0 Å². The SMILES string of the molecule is CCNC1C(N(CC)C2CCCC2)CCCC1(C)C. The van der Waals surface area contributed by atoms with E-state index in [1.807, 2.05) is 0 Å². The summed E-state index contributed by atoms with van der Waals surface area (Å²) in [5.74, 6) is 0. The Bertz CT molecular complexity index is 268. The lowest BCUT2D eigenvalue weighted by atomic mass is 9.70. The Balaban J connectivity index is 2.13. The maximum Gasteiger partial charge on any atom is 0.0274 e. The molecule has 2 unspecified atom stereocenters. The second-order valence-corrected chi connectivity index (χ2v) is 7.25. The van der Waals surface area contributed by atoms with E-state index in [0.29, 0.717) is 11.5 Å². The van der Waals surface area contributed by atoms with Gasteiger partial charge in [-0.1, -0.05) is 47.0 Å². The van der Waals surface area contributed by atoms with Crippen LogP contribution in [0.2, 0.25) is 0 Å². The minimum atomic E-state index is 0.449. The van der Waals surface area contributed by atoms with Crippen molar-refractivity contribution in [2.45, 2.75) is 90.8 Å². The van der Waals surface area contributed by atoms with Gasteiger partial charge in [0.25, 0.3) is 0 Å². The molecule has 19 heavy (non-hydrogen) atoms. The summed E-state index contributed by atoms with van der Waals surface area (Å²) in [5, 5.41) is 3.82. The van der Waals surface area contributed by atoms with E-state index in [1.165, 1.54) is 51.5 Å². The highest BCUT2D eigenvalue weighted by molar-refractivity contribution is 4.99. The fourth-order valence-corrected chi connectivity index (χ4v) is 4.60. The van der Waals surface area contributed by atoms with E-state index >= 15 is 0 Å². The highest BCUT2D eigenvalue weighted by Crippen LogP contribution is 2.39. The van der Waals surface area contributed by atoms with Gasteiger partial charge in [-0.3, -0.25) is 4.90 Å². The van der Waals surface area contributed by atoms with Crippen molar-refractivity contribution >= 4 is 0 Å². The number of nitrogens with one attached hydrogen (secondary N) is 1. The maximum absolute atomic E-state index is 3.82. The van der Waals surface area contributed by atoms with Crippen LogP contribution in [0, 0.1) is 5.41 Å². The van der Waals surface area contributed by atoms with Crippen molar-refractivity contribution in [1.29, 1.82) is 0 Å². The van der Waals surface area contributed by atoms with Crippen molar-refractivity contribution in [1.82, 2.24) is 10.2 Å². The largest absolute Gasteiger partial charge is 0.312 e. The van der Waals surface area contributed by atoms with Gasteiger partial charge in [-0.15, -0.1) is 0 Å². The van der Waals surface area contributed by atoms with Crippen molar-refractivity contribution in [3.05, 3.63) is 0 Å². The number of nitrogens with zero attached hydrogens (tertiary/aromatic N) is 1. The molecule has 2 fully saturated rings. The lowest BCUT2D eigenvalue weighted by Gasteiger charge is -2.50. The fraction of sp³-hybridized carbons (Fsp3) is 1.00. The molecule has 112 valence electrons. The van der Waals surface area contributed by atoms with Crippen LogP contribution in [-0.4, -0.2) is 36.1 Å². The molecule has 0 saturated heterocycles. The third kappa shape index (κ3) is 3.33. The van der Waals surface area contributed by atoms with Crippen LogP contribution in [0.25, 0.3) is 0 Å². The van der Waals surface area contributed by atoms with Gasteiger partial charge in [0.1, 0.15) is 0 Å². The average Bonchev–Trinajstić information content (AvgIpc) is 2.88. The van der Waals surface area contributed by atoms with E-state index in [4.69, 9.17) is 0 Å². The zero-order valence-electron chi connectivity index (χ0n) is 13.5. The van der Waals surface area contributed by atoms with Crippen LogP contribution in [0.15, 0.2) is 0 Å². The Hall–Kier alpha value is -0.0800. The molecule has 1 N–H and O–H groups in total. The highest BCUT2D eigenvalue weighted by Gasteiger charge is 2.42. The Morgan fingerprint density at radius 1 is 1.05 bits per heavy atom. The topological polar surface area (TPSA) is 15.3 Å². The molecule has 0 radical (unpaired) electrons. The smallest absolute Gasteiger partial charge is 0.0274 e. The van der Waals surface area contributed by atoms with E-state index in [-0.39, 0.29) is 0 Å². The third-order valence-corrected chi connectivity index (χ3v) is 5.56. The van der Waals surface area contributed by atoms with Crippen molar-refractivity contribution in [3.8, 4) is 0 Å². The molecule has 2 aliphatic carbocycles. The summed E-state index contributed by atoms with van der Waals surface area (Å²) in [7, 11) is 0. The van der Waals surface area contributed by atoms with Crippen LogP contribution in [-0.2, 0) is 0 Å². The molecule has 0 aliphatic heterocycles. The van der Waals surface area contributed by atoms with Crippen molar-refractivity contribution < 1.29 is 0 Å². The summed E-state index contributed by atoms with van der Waals surface area (Å²) in [6, 6.07) is 2.30. The van der Waals surface area contributed by atoms with Crippen molar-refractivity contribution in [2.24, 2.45) is 5.41 Å². The Morgan fingerprint density at radius 3 is 2.32 bits per heavy atom. The molecule has 0 aromatic heterocycles. The van der Waals surface area contributed by atoms with E-state index in [1.54, 1.807) is 0 Å². The standard InChI is InChI=1S/C17H34N2/c1-5-18-16-15(12-9-13-17(16,3)4)19(6-2)14-10-7-8-11-14/h14-16,18H,5-13H2,1-4H3. The van der Waals surface area contributed by atoms with E-state index in [0.717, 1.165) is 18.6 Å². The first kappa shape index (κ1) is 15.3. The summed E-state index contributed by atoms with van der Waals surface area (Å²) in [5.41, 5.74) is 0.449. The van der Waals surface area contributed by atoms with Crippen LogP contribution in [0.1, 0.15) is 72.6 Å². The summed E-state index contributed by atoms with van der Waals surface area (Å²) < 4.78 is 0. The van der Waals surface area contributed by atoms with Gasteiger partial charge in [0.05, 0.1) is 0 Å². The van der Waals surface area contributed by atoms with Gasteiger partial charge in [0, 0.05) is 18.1 Å². The summed E-state index contributed by atoms with van der Waals surface area (Å²) >= 11 is 0. The van der Waals surface area contributed by atoms with E-state index < -0.39 is 0 Å². The number of hydrogen-bond acceptors (Lipinski definition) is 2. The number of rotatable bonds is 5. The highest BCUT2D eigenvalue weighted by atomic mass is 15.2. The fourth-order valence-electron chi connectivity index (χ4n) is 4.60. The molecular formula is C17H34N2. The molecule has 0 spiro atoms. The predicted octanol–water partition coefficient (Wildman–Crippen LogP) is 3.81. The lowest BCUT2D eigenvalue weighted by Crippen LogP contribution is -2.60. The molecule has 0 amide bonds. The molecule has 0 bridgehead atoms. The lowest BCUT2D eigenvalue weighted by molar-refractivity contribution is 0.0280. The Kier molecular flexibility index (Phi) is 5.30. The predicted molar refractivity (Wildman–Crippen MR) is 83.5 cm³/mol. The van der Waals surface area contributed by atoms with Crippen LogP contribution < -0.4 is 5.32 Å². The quantitative estimate of drug-likeness (QED) is 0.814. The minimum Gasteiger partial charge on any atom is -0.312 e. The first-order chi connectivity index (χ1) is 9.10. The Labute approximate surface area is 120 Å². The van der Waals surface area contributed by atoms with Crippen LogP contribution >= 0.6 is 0 Å². The maximum atomic E-state index is 3.82. The van der Waals surface area contributed by atoms with Crippen LogP contribution in [0.3, 0.4) is 0 Å². The average molecular weight is 266 g/mol. The van der Waals surface area contributed by atoms with Crippen LogP contribution in [0.4, 0.5) is 0 Å². The van der Waals surface area contributed by atoms with Gasteiger partial charge in [-0.05, 0) is 44.2 Å². The Morgan fingerprint density at radius 2 is 1.74 bits per heavy atom. The monoisotopic (exact) mass is 266 g/mol. The second-order valence-electron chi connectivity index (χ2n) is 7.25. The summed E-state index contributed by atoms with van der Waals surface area (Å²) in [6.07, 6.45) is 9.94. The number of likely N-dealkylation sites (N-methyl/N-ethyl adjacent to an activating group) is 2. The minimum absolute atomic E-state index is 0.449. The first-order valence-corrected chi connectivity index (χ1v) is 8.59. The van der Waals surface area contributed by atoms with E-state index in [2.05, 4.69) is 37.9 Å². The van der Waals surface area contributed by atoms with Crippen molar-refractivity contribution in [2.75, 3.05) is 13.1 Å². The molecule has 2 saturated carbocycles. The second kappa shape index (κ2) is 6.58. The third-order valence-electron chi connectivity index (χ3n) is 5.56. The normalized spacial score (nSPS) is 32.1.